The van der Waals surface area contributed by atoms with Crippen molar-refractivity contribution in [2.45, 2.75) is 109 Å². The highest BCUT2D eigenvalue weighted by atomic mass is 28.4. The fourth-order valence-corrected chi connectivity index (χ4v) is 9.92. The third kappa shape index (κ3) is 5.89. The van der Waals surface area contributed by atoms with Gasteiger partial charge in [0.05, 0.1) is 12.7 Å². The average molecular weight is 413 g/mol. The van der Waals surface area contributed by atoms with Crippen molar-refractivity contribution in [3.05, 3.63) is 24.8 Å². The molecule has 1 aliphatic heterocycles. The summed E-state index contributed by atoms with van der Waals surface area (Å²) in [5.74, 6) is 0. The maximum Gasteiger partial charge on any atom is 0.193 e. The molecule has 0 radical (unpaired) electrons. The summed E-state index contributed by atoms with van der Waals surface area (Å²) < 4.78 is 20.0. The summed E-state index contributed by atoms with van der Waals surface area (Å²) in [6, 6.07) is 6.76. The van der Waals surface area contributed by atoms with Crippen LogP contribution in [0, 0.1) is 0 Å². The number of hydrogen-bond acceptors (Lipinski definition) is 3. The molecular formula is C22H44O3Si2. The first-order chi connectivity index (χ1) is 12.7. The van der Waals surface area contributed by atoms with Gasteiger partial charge in [0.25, 0.3) is 0 Å². The predicted molar refractivity (Wildman–Crippen MR) is 122 cm³/mol. The largest absolute Gasteiger partial charge is 0.408 e. The monoisotopic (exact) mass is 412 g/mol. The number of epoxide rings is 1. The molecule has 1 fully saturated rings. The third-order valence-electron chi connectivity index (χ3n) is 6.79. The van der Waals surface area contributed by atoms with Crippen LogP contribution < -0.4 is 0 Å². The van der Waals surface area contributed by atoms with Gasteiger partial charge in [-0.1, -0.05) is 53.2 Å². The van der Waals surface area contributed by atoms with E-state index in [1.54, 1.807) is 0 Å². The molecule has 1 heterocycles. The van der Waals surface area contributed by atoms with Crippen LogP contribution in [0.1, 0.15) is 54.9 Å². The molecule has 0 aliphatic carbocycles. The van der Waals surface area contributed by atoms with Crippen LogP contribution in [-0.2, 0) is 13.6 Å². The van der Waals surface area contributed by atoms with E-state index in [4.69, 9.17) is 13.6 Å². The van der Waals surface area contributed by atoms with E-state index in [1.807, 2.05) is 6.08 Å². The molecule has 5 heteroatoms. The van der Waals surface area contributed by atoms with Crippen molar-refractivity contribution in [1.29, 1.82) is 0 Å². The Morgan fingerprint density at radius 2 is 1.37 bits per heavy atom. The molecule has 0 N–H and O–H groups in total. The summed E-state index contributed by atoms with van der Waals surface area (Å²) in [6.45, 7) is 24.8. The summed E-state index contributed by atoms with van der Waals surface area (Å²) >= 11 is 0. The molecule has 0 aromatic rings. The van der Waals surface area contributed by atoms with E-state index in [1.165, 1.54) is 0 Å². The van der Waals surface area contributed by atoms with E-state index in [9.17, 15) is 0 Å². The molecule has 0 aromatic carbocycles. The standard InChI is InChI=1S/C22H44O3Si2/c1-10-20(24-26(11-2,12-3)13-4)21(22(18-23-22)17-19(8)9)25-27(14-5,15-6)16-7/h10,20-21H,1,8,11-18H2,2-7,9H3/t20-,21-,22-/m1/s1. The summed E-state index contributed by atoms with van der Waals surface area (Å²) in [5.41, 5.74) is 0.864. The first-order valence-electron chi connectivity index (χ1n) is 11.0. The topological polar surface area (TPSA) is 31.0 Å². The lowest BCUT2D eigenvalue weighted by Crippen LogP contribution is -2.54. The van der Waals surface area contributed by atoms with Gasteiger partial charge in [-0.15, -0.1) is 13.2 Å². The van der Waals surface area contributed by atoms with Crippen LogP contribution in [0.15, 0.2) is 24.8 Å². The molecule has 1 aliphatic rings. The van der Waals surface area contributed by atoms with Gasteiger partial charge in [-0.3, -0.25) is 0 Å². The van der Waals surface area contributed by atoms with Gasteiger partial charge in [-0.25, -0.2) is 0 Å². The molecule has 0 bridgehead atoms. The van der Waals surface area contributed by atoms with E-state index in [2.05, 4.69) is 61.6 Å². The molecular weight excluding hydrogens is 368 g/mol. The van der Waals surface area contributed by atoms with E-state index in [-0.39, 0.29) is 17.8 Å². The molecule has 3 nitrogen and oxygen atoms in total. The summed E-state index contributed by atoms with van der Waals surface area (Å²) in [6.07, 6.45) is 2.64. The molecule has 158 valence electrons. The van der Waals surface area contributed by atoms with Crippen molar-refractivity contribution in [2.75, 3.05) is 6.61 Å². The molecule has 1 rings (SSSR count). The minimum Gasteiger partial charge on any atom is -0.408 e. The maximum absolute atomic E-state index is 7.05. The molecule has 0 saturated carbocycles. The molecule has 1 saturated heterocycles. The van der Waals surface area contributed by atoms with E-state index in [0.29, 0.717) is 0 Å². The van der Waals surface area contributed by atoms with E-state index in [0.717, 1.165) is 54.9 Å². The van der Waals surface area contributed by atoms with Crippen LogP contribution in [0.2, 0.25) is 36.3 Å². The van der Waals surface area contributed by atoms with Crippen LogP contribution in [0.5, 0.6) is 0 Å². The Balaban J connectivity index is 3.26. The zero-order valence-corrected chi connectivity index (χ0v) is 21.0. The zero-order chi connectivity index (χ0) is 20.7. The van der Waals surface area contributed by atoms with Crippen molar-refractivity contribution in [2.24, 2.45) is 0 Å². The Morgan fingerprint density at radius 3 is 1.67 bits per heavy atom. The second kappa shape index (κ2) is 10.5. The second-order valence-corrected chi connectivity index (χ2v) is 17.8. The Morgan fingerprint density at radius 1 is 0.963 bits per heavy atom. The van der Waals surface area contributed by atoms with Gasteiger partial charge >= 0.3 is 0 Å². The Bertz CT molecular complexity index is 463. The molecule has 27 heavy (non-hydrogen) atoms. The smallest absolute Gasteiger partial charge is 0.193 e. The highest BCUT2D eigenvalue weighted by Gasteiger charge is 2.57. The summed E-state index contributed by atoms with van der Waals surface area (Å²) in [5, 5.41) is 0. The lowest BCUT2D eigenvalue weighted by Gasteiger charge is -2.42. The molecule has 0 unspecified atom stereocenters. The van der Waals surface area contributed by atoms with E-state index < -0.39 is 16.6 Å². The molecule has 0 spiro atoms. The van der Waals surface area contributed by atoms with Gasteiger partial charge in [0.1, 0.15) is 11.7 Å². The van der Waals surface area contributed by atoms with Gasteiger partial charge in [-0.05, 0) is 43.2 Å². The lowest BCUT2D eigenvalue weighted by molar-refractivity contribution is 0.00827. The second-order valence-electron chi connectivity index (χ2n) is 8.33. The first kappa shape index (κ1) is 24.8. The average Bonchev–Trinajstić information content (AvgIpc) is 3.45. The van der Waals surface area contributed by atoms with Crippen molar-refractivity contribution < 1.29 is 13.6 Å². The first-order valence-corrected chi connectivity index (χ1v) is 16.1. The Hall–Kier alpha value is -0.206. The van der Waals surface area contributed by atoms with Gasteiger partial charge < -0.3 is 13.6 Å². The van der Waals surface area contributed by atoms with Crippen LogP contribution in [-0.4, -0.2) is 41.1 Å². The Labute approximate surface area is 170 Å². The number of hydrogen-bond donors (Lipinski definition) is 0. The van der Waals surface area contributed by atoms with Gasteiger partial charge in [-0.2, -0.15) is 0 Å². The summed E-state index contributed by atoms with van der Waals surface area (Å²) in [4.78, 5) is 0. The lowest BCUT2D eigenvalue weighted by atomic mass is 9.92. The normalized spacial score (nSPS) is 22.3. The van der Waals surface area contributed by atoms with Crippen molar-refractivity contribution in [3.8, 4) is 0 Å². The van der Waals surface area contributed by atoms with Crippen molar-refractivity contribution in [3.63, 3.8) is 0 Å². The minimum absolute atomic E-state index is 0.0743. The van der Waals surface area contributed by atoms with Crippen LogP contribution >= 0.6 is 0 Å². The molecule has 0 aromatic heterocycles. The van der Waals surface area contributed by atoms with Crippen LogP contribution in [0.3, 0.4) is 0 Å². The summed E-state index contributed by atoms with van der Waals surface area (Å²) in [7, 11) is -3.58. The zero-order valence-electron chi connectivity index (χ0n) is 19.0. The highest BCUT2D eigenvalue weighted by molar-refractivity contribution is 6.74. The van der Waals surface area contributed by atoms with Crippen LogP contribution in [0.25, 0.3) is 0 Å². The minimum atomic E-state index is -1.81. The maximum atomic E-state index is 7.05. The van der Waals surface area contributed by atoms with Crippen molar-refractivity contribution >= 4 is 16.6 Å². The van der Waals surface area contributed by atoms with Gasteiger partial charge in [0.15, 0.2) is 16.6 Å². The predicted octanol–water partition coefficient (Wildman–Crippen LogP) is 6.69. The number of rotatable bonds is 15. The van der Waals surface area contributed by atoms with Crippen LogP contribution in [0.4, 0.5) is 0 Å². The highest BCUT2D eigenvalue weighted by Crippen LogP contribution is 2.44. The molecule has 0 amide bonds. The fourth-order valence-electron chi connectivity index (χ4n) is 4.24. The van der Waals surface area contributed by atoms with Gasteiger partial charge in [0.2, 0.25) is 0 Å². The van der Waals surface area contributed by atoms with Gasteiger partial charge in [0, 0.05) is 6.42 Å². The molecule has 3 atom stereocenters. The quantitative estimate of drug-likeness (QED) is 0.170. The van der Waals surface area contributed by atoms with Crippen molar-refractivity contribution in [1.82, 2.24) is 0 Å². The number of ether oxygens (including phenoxy) is 1. The Kier molecular flexibility index (Phi) is 9.69. The third-order valence-corrected chi connectivity index (χ3v) is 16.1. The SMILES string of the molecule is C=C[C@@H](O[Si](CC)(CC)CC)[C@@H](O[Si](CC)(CC)CC)[C@@]1(CC(=C)C)CO1. The fraction of sp³-hybridized carbons (Fsp3) is 0.818. The van der Waals surface area contributed by atoms with E-state index >= 15 is 0 Å².